The highest BCUT2D eigenvalue weighted by Gasteiger charge is 2.20. The molecule has 0 spiro atoms. The van der Waals surface area contributed by atoms with Crippen LogP contribution in [0, 0.1) is 12.7 Å². The van der Waals surface area contributed by atoms with E-state index in [4.69, 9.17) is 0 Å². The SMILES string of the molecule is Cc1ccc(/C=C/NC(=O)N2CCN(c3ccc(F)cc3)CC2)cc1. The molecular formula is C20H22FN3O. The number of anilines is 1. The summed E-state index contributed by atoms with van der Waals surface area (Å²) in [6.45, 7) is 4.80. The van der Waals surface area contributed by atoms with E-state index in [1.165, 1.54) is 17.7 Å². The molecule has 0 aromatic heterocycles. The highest BCUT2D eigenvalue weighted by molar-refractivity contribution is 5.76. The van der Waals surface area contributed by atoms with Gasteiger partial charge in [-0.15, -0.1) is 0 Å². The van der Waals surface area contributed by atoms with Gasteiger partial charge in [0.15, 0.2) is 0 Å². The maximum absolute atomic E-state index is 13.0. The zero-order valence-corrected chi connectivity index (χ0v) is 14.3. The Labute approximate surface area is 147 Å². The van der Waals surface area contributed by atoms with E-state index >= 15 is 0 Å². The number of nitrogens with zero attached hydrogens (tertiary/aromatic N) is 2. The second-order valence-electron chi connectivity index (χ2n) is 6.14. The molecule has 1 saturated heterocycles. The highest BCUT2D eigenvalue weighted by atomic mass is 19.1. The lowest BCUT2D eigenvalue weighted by molar-refractivity contribution is 0.198. The van der Waals surface area contributed by atoms with E-state index in [0.29, 0.717) is 13.1 Å². The summed E-state index contributed by atoms with van der Waals surface area (Å²) in [6, 6.07) is 14.5. The third-order valence-corrected chi connectivity index (χ3v) is 4.32. The van der Waals surface area contributed by atoms with Gasteiger partial charge in [-0.3, -0.25) is 0 Å². The Kier molecular flexibility index (Phi) is 5.33. The first-order chi connectivity index (χ1) is 12.1. The molecule has 5 heteroatoms. The Morgan fingerprint density at radius 2 is 1.64 bits per heavy atom. The second kappa shape index (κ2) is 7.83. The number of hydrogen-bond donors (Lipinski definition) is 1. The summed E-state index contributed by atoms with van der Waals surface area (Å²) in [5.74, 6) is -0.234. The normalized spacial score (nSPS) is 14.8. The zero-order chi connectivity index (χ0) is 17.6. The number of nitrogens with one attached hydrogen (secondary N) is 1. The van der Waals surface area contributed by atoms with Crippen molar-refractivity contribution in [2.24, 2.45) is 0 Å². The maximum atomic E-state index is 13.0. The maximum Gasteiger partial charge on any atom is 0.321 e. The van der Waals surface area contributed by atoms with E-state index < -0.39 is 0 Å². The Hall–Kier alpha value is -2.82. The van der Waals surface area contributed by atoms with Crippen LogP contribution in [0.25, 0.3) is 6.08 Å². The molecule has 1 aliphatic rings. The van der Waals surface area contributed by atoms with Gasteiger partial charge < -0.3 is 15.1 Å². The largest absolute Gasteiger partial charge is 0.368 e. The minimum absolute atomic E-state index is 0.0953. The predicted molar refractivity (Wildman–Crippen MR) is 98.9 cm³/mol. The van der Waals surface area contributed by atoms with Crippen LogP contribution < -0.4 is 10.2 Å². The van der Waals surface area contributed by atoms with Gasteiger partial charge in [0.25, 0.3) is 0 Å². The van der Waals surface area contributed by atoms with Gasteiger partial charge in [0.05, 0.1) is 0 Å². The molecule has 25 heavy (non-hydrogen) atoms. The van der Waals surface area contributed by atoms with Crippen LogP contribution >= 0.6 is 0 Å². The number of halogens is 1. The number of amides is 2. The van der Waals surface area contributed by atoms with Crippen molar-refractivity contribution in [3.8, 4) is 0 Å². The summed E-state index contributed by atoms with van der Waals surface area (Å²) in [7, 11) is 0. The van der Waals surface area contributed by atoms with Crippen LogP contribution in [0.15, 0.2) is 54.7 Å². The summed E-state index contributed by atoms with van der Waals surface area (Å²) in [6.07, 6.45) is 3.56. The van der Waals surface area contributed by atoms with Crippen molar-refractivity contribution < 1.29 is 9.18 Å². The molecule has 0 unspecified atom stereocenters. The van der Waals surface area contributed by atoms with Crippen molar-refractivity contribution in [1.82, 2.24) is 10.2 Å². The number of carbonyl (C=O) groups is 1. The Bertz CT molecular complexity index is 733. The minimum atomic E-state index is -0.234. The van der Waals surface area contributed by atoms with Crippen molar-refractivity contribution in [1.29, 1.82) is 0 Å². The number of piperazine rings is 1. The molecule has 1 N–H and O–H groups in total. The fourth-order valence-electron chi connectivity index (χ4n) is 2.80. The molecule has 2 amide bonds. The number of benzene rings is 2. The number of rotatable bonds is 3. The van der Waals surface area contributed by atoms with Gasteiger partial charge in [-0.05, 0) is 42.8 Å². The average molecular weight is 339 g/mol. The lowest BCUT2D eigenvalue weighted by Crippen LogP contribution is -2.51. The van der Waals surface area contributed by atoms with Crippen LogP contribution in [0.4, 0.5) is 14.9 Å². The van der Waals surface area contributed by atoms with Crippen LogP contribution in [-0.4, -0.2) is 37.1 Å². The molecule has 2 aromatic carbocycles. The predicted octanol–water partition coefficient (Wildman–Crippen LogP) is 3.64. The van der Waals surface area contributed by atoms with Crippen molar-refractivity contribution in [3.63, 3.8) is 0 Å². The Morgan fingerprint density at radius 1 is 1.00 bits per heavy atom. The molecular weight excluding hydrogens is 317 g/mol. The van der Waals surface area contributed by atoms with Gasteiger partial charge in [-0.25, -0.2) is 9.18 Å². The van der Waals surface area contributed by atoms with E-state index in [-0.39, 0.29) is 11.8 Å². The highest BCUT2D eigenvalue weighted by Crippen LogP contribution is 2.16. The zero-order valence-electron chi connectivity index (χ0n) is 14.3. The molecule has 0 aliphatic carbocycles. The first kappa shape index (κ1) is 17.0. The molecule has 130 valence electrons. The topological polar surface area (TPSA) is 35.6 Å². The first-order valence-corrected chi connectivity index (χ1v) is 8.41. The Balaban J connectivity index is 1.48. The standard InChI is InChI=1S/C20H22FN3O/c1-16-2-4-17(5-3-16)10-11-22-20(25)24-14-12-23(13-15-24)19-8-6-18(21)7-9-19/h2-11H,12-15H2,1H3,(H,22,25)/b11-10+. The van der Waals surface area contributed by atoms with Crippen molar-refractivity contribution >= 4 is 17.8 Å². The monoisotopic (exact) mass is 339 g/mol. The lowest BCUT2D eigenvalue weighted by Gasteiger charge is -2.35. The number of aryl methyl sites for hydroxylation is 1. The van der Waals surface area contributed by atoms with Crippen molar-refractivity contribution in [2.75, 3.05) is 31.1 Å². The first-order valence-electron chi connectivity index (χ1n) is 8.41. The lowest BCUT2D eigenvalue weighted by atomic mass is 10.1. The van der Waals surface area contributed by atoms with Gasteiger partial charge >= 0.3 is 6.03 Å². The number of carbonyl (C=O) groups excluding carboxylic acids is 1. The summed E-state index contributed by atoms with van der Waals surface area (Å²) >= 11 is 0. The molecule has 0 saturated carbocycles. The quantitative estimate of drug-likeness (QED) is 0.927. The van der Waals surface area contributed by atoms with Crippen molar-refractivity contribution in [2.45, 2.75) is 6.92 Å². The van der Waals surface area contributed by atoms with E-state index in [1.807, 2.05) is 37.3 Å². The van der Waals surface area contributed by atoms with Crippen LogP contribution in [0.3, 0.4) is 0 Å². The Morgan fingerprint density at radius 3 is 2.28 bits per heavy atom. The van der Waals surface area contributed by atoms with Crippen LogP contribution in [0.5, 0.6) is 0 Å². The van der Waals surface area contributed by atoms with E-state index in [0.717, 1.165) is 24.3 Å². The molecule has 1 heterocycles. The number of hydrogen-bond acceptors (Lipinski definition) is 2. The molecule has 1 aliphatic heterocycles. The van der Waals surface area contributed by atoms with Gasteiger partial charge in [-0.1, -0.05) is 29.8 Å². The molecule has 2 aromatic rings. The van der Waals surface area contributed by atoms with Gasteiger partial charge in [-0.2, -0.15) is 0 Å². The molecule has 4 nitrogen and oxygen atoms in total. The van der Waals surface area contributed by atoms with E-state index in [1.54, 1.807) is 23.2 Å². The second-order valence-corrected chi connectivity index (χ2v) is 6.14. The van der Waals surface area contributed by atoms with Crippen molar-refractivity contribution in [3.05, 3.63) is 71.7 Å². The van der Waals surface area contributed by atoms with E-state index in [9.17, 15) is 9.18 Å². The fourth-order valence-corrected chi connectivity index (χ4v) is 2.80. The molecule has 0 atom stereocenters. The third kappa shape index (κ3) is 4.59. The van der Waals surface area contributed by atoms with E-state index in [2.05, 4.69) is 10.2 Å². The summed E-state index contributed by atoms with van der Waals surface area (Å²) < 4.78 is 13.0. The van der Waals surface area contributed by atoms with Gasteiger partial charge in [0.1, 0.15) is 5.82 Å². The molecule has 0 radical (unpaired) electrons. The summed E-state index contributed by atoms with van der Waals surface area (Å²) in [5, 5.41) is 2.82. The molecule has 0 bridgehead atoms. The van der Waals surface area contributed by atoms with Crippen LogP contribution in [0.2, 0.25) is 0 Å². The van der Waals surface area contributed by atoms with Crippen LogP contribution in [-0.2, 0) is 0 Å². The van der Waals surface area contributed by atoms with Gasteiger partial charge in [0, 0.05) is 38.1 Å². The fraction of sp³-hybridized carbons (Fsp3) is 0.250. The summed E-state index contributed by atoms with van der Waals surface area (Å²) in [4.78, 5) is 16.2. The summed E-state index contributed by atoms with van der Waals surface area (Å²) in [5.41, 5.74) is 3.24. The van der Waals surface area contributed by atoms with Gasteiger partial charge in [0.2, 0.25) is 0 Å². The smallest absolute Gasteiger partial charge is 0.321 e. The molecule has 1 fully saturated rings. The number of urea groups is 1. The average Bonchev–Trinajstić information content (AvgIpc) is 2.64. The molecule has 3 rings (SSSR count). The minimum Gasteiger partial charge on any atom is -0.368 e. The third-order valence-electron chi connectivity index (χ3n) is 4.32. The van der Waals surface area contributed by atoms with Crippen LogP contribution in [0.1, 0.15) is 11.1 Å².